The van der Waals surface area contributed by atoms with Gasteiger partial charge in [-0.2, -0.15) is 0 Å². The summed E-state index contributed by atoms with van der Waals surface area (Å²) in [7, 11) is 0. The van der Waals surface area contributed by atoms with Crippen LogP contribution in [0.5, 0.6) is 0 Å². The molecule has 2 heterocycles. The first-order valence-electron chi connectivity index (χ1n) is 5.60. The van der Waals surface area contributed by atoms with Crippen molar-refractivity contribution in [3.05, 3.63) is 17.8 Å². The van der Waals surface area contributed by atoms with Crippen molar-refractivity contribution in [3.63, 3.8) is 0 Å². The molecule has 0 aliphatic carbocycles. The van der Waals surface area contributed by atoms with E-state index >= 15 is 0 Å². The Hall–Kier alpha value is -1.07. The summed E-state index contributed by atoms with van der Waals surface area (Å²) in [5, 5.41) is 6.31. The van der Waals surface area contributed by atoms with E-state index < -0.39 is 0 Å². The summed E-state index contributed by atoms with van der Waals surface area (Å²) in [6.07, 6.45) is 2.26. The summed E-state index contributed by atoms with van der Waals surface area (Å²) in [4.78, 5) is 15.8. The Labute approximate surface area is 107 Å². The van der Waals surface area contributed by atoms with Crippen LogP contribution in [0.25, 0.3) is 0 Å². The highest BCUT2D eigenvalue weighted by Gasteiger charge is 2.24. The van der Waals surface area contributed by atoms with Gasteiger partial charge in [0, 0.05) is 6.04 Å². The third kappa shape index (κ3) is 3.20. The molecule has 2 N–H and O–H groups in total. The number of rotatable bonds is 2. The van der Waals surface area contributed by atoms with Gasteiger partial charge >= 0.3 is 0 Å². The second-order valence-electron chi connectivity index (χ2n) is 4.31. The first-order valence-corrected chi connectivity index (χ1v) is 5.60. The number of oxazole rings is 1. The van der Waals surface area contributed by atoms with E-state index in [9.17, 15) is 4.79 Å². The summed E-state index contributed by atoms with van der Waals surface area (Å²) in [6.45, 7) is 5.77. The normalized spacial score (nSPS) is 23.9. The first-order chi connectivity index (χ1) is 7.68. The van der Waals surface area contributed by atoms with Crippen LogP contribution in [0.15, 0.2) is 10.8 Å². The molecule has 1 fully saturated rings. The highest BCUT2D eigenvalue weighted by molar-refractivity contribution is 5.93. The fourth-order valence-electron chi connectivity index (χ4n) is 1.99. The number of halogens is 1. The van der Waals surface area contributed by atoms with E-state index in [0.717, 1.165) is 19.5 Å². The van der Waals surface area contributed by atoms with Crippen LogP contribution in [-0.4, -0.2) is 30.0 Å². The molecule has 0 saturated carbocycles. The summed E-state index contributed by atoms with van der Waals surface area (Å²) in [5.41, 5.74) is 0.394. The molecule has 1 aromatic heterocycles. The average Bonchev–Trinajstić information content (AvgIpc) is 2.68. The molecular weight excluding hydrogens is 242 g/mol. The number of hydrogen-bond acceptors (Lipinski definition) is 4. The number of carbonyl (C=O) groups is 1. The van der Waals surface area contributed by atoms with Gasteiger partial charge in [-0.05, 0) is 32.4 Å². The highest BCUT2D eigenvalue weighted by Crippen LogP contribution is 2.12. The number of nitrogens with one attached hydrogen (secondary N) is 2. The topological polar surface area (TPSA) is 67.2 Å². The molecule has 1 saturated heterocycles. The molecule has 0 radical (unpaired) electrons. The van der Waals surface area contributed by atoms with Crippen molar-refractivity contribution >= 4 is 18.3 Å². The Kier molecular flexibility index (Phi) is 4.96. The SMILES string of the molecule is Cc1ocnc1C(=O)NC1CCNCC1C.Cl. The molecule has 96 valence electrons. The van der Waals surface area contributed by atoms with Crippen molar-refractivity contribution in [2.75, 3.05) is 13.1 Å². The predicted octanol–water partition coefficient (Wildman–Crippen LogP) is 1.13. The van der Waals surface area contributed by atoms with Gasteiger partial charge in [0.25, 0.3) is 5.91 Å². The first kappa shape index (κ1) is 14.0. The summed E-state index contributed by atoms with van der Waals surface area (Å²) in [5.74, 6) is 0.883. The number of piperidine rings is 1. The molecule has 1 aliphatic rings. The molecule has 0 bridgehead atoms. The van der Waals surface area contributed by atoms with Crippen molar-refractivity contribution in [3.8, 4) is 0 Å². The molecule has 5 nitrogen and oxygen atoms in total. The molecule has 17 heavy (non-hydrogen) atoms. The summed E-state index contributed by atoms with van der Waals surface area (Å²) >= 11 is 0. The number of amides is 1. The number of hydrogen-bond donors (Lipinski definition) is 2. The number of aryl methyl sites for hydroxylation is 1. The molecule has 0 aromatic carbocycles. The molecule has 1 aliphatic heterocycles. The van der Waals surface area contributed by atoms with Crippen LogP contribution in [0.1, 0.15) is 29.6 Å². The van der Waals surface area contributed by atoms with Gasteiger partial charge in [0.05, 0.1) is 0 Å². The lowest BCUT2D eigenvalue weighted by molar-refractivity contribution is 0.0908. The maximum Gasteiger partial charge on any atom is 0.273 e. The maximum atomic E-state index is 11.9. The number of carbonyl (C=O) groups excluding carboxylic acids is 1. The van der Waals surface area contributed by atoms with Crippen LogP contribution >= 0.6 is 12.4 Å². The second kappa shape index (κ2) is 6.02. The van der Waals surface area contributed by atoms with Crippen molar-refractivity contribution in [2.45, 2.75) is 26.3 Å². The van der Waals surface area contributed by atoms with E-state index in [1.165, 1.54) is 6.39 Å². The lowest BCUT2D eigenvalue weighted by atomic mass is 9.95. The number of aromatic nitrogens is 1. The molecule has 2 unspecified atom stereocenters. The van der Waals surface area contributed by atoms with Crippen LogP contribution < -0.4 is 10.6 Å². The third-order valence-electron chi connectivity index (χ3n) is 3.06. The Morgan fingerprint density at radius 3 is 3.00 bits per heavy atom. The zero-order chi connectivity index (χ0) is 11.5. The van der Waals surface area contributed by atoms with Gasteiger partial charge in [0.1, 0.15) is 5.76 Å². The van der Waals surface area contributed by atoms with Crippen molar-refractivity contribution in [1.82, 2.24) is 15.6 Å². The fraction of sp³-hybridized carbons (Fsp3) is 0.636. The molecule has 0 spiro atoms. The van der Waals surface area contributed by atoms with E-state index in [0.29, 0.717) is 17.4 Å². The fourth-order valence-corrected chi connectivity index (χ4v) is 1.99. The predicted molar refractivity (Wildman–Crippen MR) is 66.4 cm³/mol. The number of nitrogens with zero attached hydrogens (tertiary/aromatic N) is 1. The van der Waals surface area contributed by atoms with Gasteiger partial charge in [0.15, 0.2) is 12.1 Å². The summed E-state index contributed by atoms with van der Waals surface area (Å²) < 4.78 is 5.02. The van der Waals surface area contributed by atoms with Crippen molar-refractivity contribution in [2.24, 2.45) is 5.92 Å². The lowest BCUT2D eigenvalue weighted by Crippen LogP contribution is -2.48. The minimum Gasteiger partial charge on any atom is -0.448 e. The monoisotopic (exact) mass is 259 g/mol. The van der Waals surface area contributed by atoms with Crippen LogP contribution in [0, 0.1) is 12.8 Å². The molecular formula is C11H18ClN3O2. The van der Waals surface area contributed by atoms with Crippen molar-refractivity contribution in [1.29, 1.82) is 0 Å². The van der Waals surface area contributed by atoms with Crippen LogP contribution in [0.2, 0.25) is 0 Å². The zero-order valence-corrected chi connectivity index (χ0v) is 10.8. The molecule has 1 aromatic rings. The Balaban J connectivity index is 0.00000144. The van der Waals surface area contributed by atoms with E-state index in [1.54, 1.807) is 6.92 Å². The van der Waals surface area contributed by atoms with E-state index in [4.69, 9.17) is 4.42 Å². The van der Waals surface area contributed by atoms with Gasteiger partial charge in [-0.3, -0.25) is 4.79 Å². The molecule has 2 atom stereocenters. The molecule has 6 heteroatoms. The van der Waals surface area contributed by atoms with E-state index in [1.807, 2.05) is 0 Å². The van der Waals surface area contributed by atoms with Crippen LogP contribution in [0.3, 0.4) is 0 Å². The van der Waals surface area contributed by atoms with E-state index in [-0.39, 0.29) is 24.4 Å². The quantitative estimate of drug-likeness (QED) is 0.836. The smallest absolute Gasteiger partial charge is 0.273 e. The minimum atomic E-state index is -0.134. The highest BCUT2D eigenvalue weighted by atomic mass is 35.5. The lowest BCUT2D eigenvalue weighted by Gasteiger charge is -2.29. The van der Waals surface area contributed by atoms with E-state index in [2.05, 4.69) is 22.5 Å². The Bertz CT molecular complexity index is 381. The largest absolute Gasteiger partial charge is 0.448 e. The van der Waals surface area contributed by atoms with Crippen molar-refractivity contribution < 1.29 is 9.21 Å². The van der Waals surface area contributed by atoms with Gasteiger partial charge in [-0.25, -0.2) is 4.98 Å². The van der Waals surface area contributed by atoms with Gasteiger partial charge < -0.3 is 15.1 Å². The zero-order valence-electron chi connectivity index (χ0n) is 10.0. The van der Waals surface area contributed by atoms with Gasteiger partial charge in [-0.15, -0.1) is 12.4 Å². The second-order valence-corrected chi connectivity index (χ2v) is 4.31. The average molecular weight is 260 g/mol. The maximum absolute atomic E-state index is 11.9. The third-order valence-corrected chi connectivity index (χ3v) is 3.06. The van der Waals surface area contributed by atoms with Gasteiger partial charge in [0.2, 0.25) is 0 Å². The molecule has 1 amide bonds. The van der Waals surface area contributed by atoms with Crippen LogP contribution in [0.4, 0.5) is 0 Å². The van der Waals surface area contributed by atoms with Crippen LogP contribution in [-0.2, 0) is 0 Å². The standard InChI is InChI=1S/C11H17N3O2.ClH/c1-7-5-12-4-3-9(7)14-11(15)10-8(2)16-6-13-10;/h6-7,9,12H,3-5H2,1-2H3,(H,14,15);1H. The van der Waals surface area contributed by atoms with Gasteiger partial charge in [-0.1, -0.05) is 6.92 Å². The molecule has 2 rings (SSSR count). The Morgan fingerprint density at radius 2 is 2.41 bits per heavy atom. The summed E-state index contributed by atoms with van der Waals surface area (Å²) in [6, 6.07) is 0.227. The Morgan fingerprint density at radius 1 is 1.65 bits per heavy atom. The minimum absolute atomic E-state index is 0.